The minimum atomic E-state index is -0.486. The van der Waals surface area contributed by atoms with Gasteiger partial charge in [-0.2, -0.15) is 0 Å². The van der Waals surface area contributed by atoms with Crippen LogP contribution in [0.3, 0.4) is 0 Å². The number of para-hydroxylation sites is 2. The van der Waals surface area contributed by atoms with Crippen LogP contribution >= 0.6 is 12.2 Å². The number of thiocarbonyl (C=S) groups is 1. The Hall–Kier alpha value is -4.37. The van der Waals surface area contributed by atoms with E-state index in [0.29, 0.717) is 30.3 Å². The molecule has 8 nitrogen and oxygen atoms in total. The summed E-state index contributed by atoms with van der Waals surface area (Å²) >= 11 is 5.12. The van der Waals surface area contributed by atoms with Crippen LogP contribution in [0.15, 0.2) is 91.5 Å². The quantitative estimate of drug-likeness (QED) is 0.172. The van der Waals surface area contributed by atoms with E-state index in [4.69, 9.17) is 26.4 Å². The third-order valence-corrected chi connectivity index (χ3v) is 4.69. The molecule has 3 aromatic rings. The Balaban J connectivity index is 1.46. The SMILES string of the molecule is C=CCOc1ccc(C(=O)NNC(=S)NC(=O)c2ccccc2OCCOc2ccccc2)cc1. The zero-order chi connectivity index (χ0) is 24.9. The fourth-order valence-electron chi connectivity index (χ4n) is 2.85. The molecule has 0 spiro atoms. The summed E-state index contributed by atoms with van der Waals surface area (Å²) in [6.45, 7) is 4.51. The lowest BCUT2D eigenvalue weighted by molar-refractivity contribution is 0.0933. The van der Waals surface area contributed by atoms with E-state index in [1.165, 1.54) is 0 Å². The first-order chi connectivity index (χ1) is 17.1. The molecule has 0 aliphatic rings. The molecule has 2 amide bonds. The van der Waals surface area contributed by atoms with Crippen LogP contribution in [0.5, 0.6) is 17.2 Å². The summed E-state index contributed by atoms with van der Waals surface area (Å²) in [4.78, 5) is 25.0. The molecule has 3 N–H and O–H groups in total. The zero-order valence-electron chi connectivity index (χ0n) is 18.9. The second kappa shape index (κ2) is 13.4. The highest BCUT2D eigenvalue weighted by atomic mass is 32.1. The third-order valence-electron chi connectivity index (χ3n) is 4.49. The molecule has 0 saturated carbocycles. The summed E-state index contributed by atoms with van der Waals surface area (Å²) in [6.07, 6.45) is 1.63. The summed E-state index contributed by atoms with van der Waals surface area (Å²) in [7, 11) is 0. The van der Waals surface area contributed by atoms with Crippen LogP contribution in [0.4, 0.5) is 0 Å². The number of hydrogen-bond acceptors (Lipinski definition) is 6. The standard InChI is InChI=1S/C26H25N3O5S/c1-2-16-32-21-14-12-19(13-15-21)24(30)28-29-26(35)27-25(31)22-10-6-7-11-23(22)34-18-17-33-20-8-4-3-5-9-20/h2-15H,1,16-18H2,(H,28,30)(H2,27,29,31,35). The lowest BCUT2D eigenvalue weighted by Gasteiger charge is -2.14. The number of hydrogen-bond donors (Lipinski definition) is 3. The second-order valence-electron chi connectivity index (χ2n) is 6.99. The van der Waals surface area contributed by atoms with E-state index in [9.17, 15) is 9.59 Å². The van der Waals surface area contributed by atoms with E-state index < -0.39 is 11.8 Å². The van der Waals surface area contributed by atoms with Crippen LogP contribution in [0.2, 0.25) is 0 Å². The van der Waals surface area contributed by atoms with E-state index in [1.807, 2.05) is 30.3 Å². The molecule has 0 aliphatic heterocycles. The molecule has 3 aromatic carbocycles. The largest absolute Gasteiger partial charge is 0.490 e. The van der Waals surface area contributed by atoms with Gasteiger partial charge in [0.15, 0.2) is 5.11 Å². The predicted molar refractivity (Wildman–Crippen MR) is 137 cm³/mol. The van der Waals surface area contributed by atoms with Crippen LogP contribution in [-0.2, 0) is 0 Å². The summed E-state index contributed by atoms with van der Waals surface area (Å²) in [5.74, 6) is 0.814. The maximum Gasteiger partial charge on any atom is 0.269 e. The number of carbonyl (C=O) groups excluding carboxylic acids is 2. The molecule has 0 fully saturated rings. The molecule has 0 heterocycles. The molecule has 35 heavy (non-hydrogen) atoms. The molecule has 0 unspecified atom stereocenters. The van der Waals surface area contributed by atoms with Gasteiger partial charge in [-0.05, 0) is 60.7 Å². The van der Waals surface area contributed by atoms with E-state index in [0.717, 1.165) is 5.75 Å². The van der Waals surface area contributed by atoms with Gasteiger partial charge in [0.2, 0.25) is 0 Å². The highest BCUT2D eigenvalue weighted by Gasteiger charge is 2.14. The minimum absolute atomic E-state index is 0.0727. The fourth-order valence-corrected chi connectivity index (χ4v) is 3.00. The molecule has 0 radical (unpaired) electrons. The van der Waals surface area contributed by atoms with Crippen molar-refractivity contribution in [2.24, 2.45) is 0 Å². The number of hydrazine groups is 1. The Morgan fingerprint density at radius 2 is 1.43 bits per heavy atom. The maximum absolute atomic E-state index is 12.7. The fraction of sp³-hybridized carbons (Fsp3) is 0.115. The number of rotatable bonds is 10. The Kier molecular flexibility index (Phi) is 9.64. The highest BCUT2D eigenvalue weighted by molar-refractivity contribution is 7.80. The molecule has 0 aromatic heterocycles. The van der Waals surface area contributed by atoms with Crippen molar-refractivity contribution < 1.29 is 23.8 Å². The Morgan fingerprint density at radius 3 is 2.17 bits per heavy atom. The monoisotopic (exact) mass is 491 g/mol. The van der Waals surface area contributed by atoms with E-state index >= 15 is 0 Å². The van der Waals surface area contributed by atoms with Gasteiger partial charge in [-0.3, -0.25) is 25.8 Å². The molecule has 180 valence electrons. The molecular formula is C26H25N3O5S. The van der Waals surface area contributed by atoms with Crippen LogP contribution in [-0.4, -0.2) is 36.7 Å². The topological polar surface area (TPSA) is 97.9 Å². The number of carbonyl (C=O) groups is 2. The van der Waals surface area contributed by atoms with Crippen molar-refractivity contribution in [1.29, 1.82) is 0 Å². The second-order valence-corrected chi connectivity index (χ2v) is 7.40. The molecule has 3 rings (SSSR count). The van der Waals surface area contributed by atoms with Crippen molar-refractivity contribution in [3.05, 3.63) is 103 Å². The highest BCUT2D eigenvalue weighted by Crippen LogP contribution is 2.18. The number of benzene rings is 3. The molecular weight excluding hydrogens is 466 g/mol. The van der Waals surface area contributed by atoms with Crippen molar-refractivity contribution in [1.82, 2.24) is 16.2 Å². The van der Waals surface area contributed by atoms with Crippen molar-refractivity contribution in [3.63, 3.8) is 0 Å². The van der Waals surface area contributed by atoms with E-state index in [2.05, 4.69) is 22.7 Å². The summed E-state index contributed by atoms with van der Waals surface area (Å²) in [5.41, 5.74) is 5.63. The Labute approximate surface area is 208 Å². The number of ether oxygens (including phenoxy) is 3. The lowest BCUT2D eigenvalue weighted by Crippen LogP contribution is -2.48. The van der Waals surface area contributed by atoms with E-state index in [1.54, 1.807) is 54.6 Å². The summed E-state index contributed by atoms with van der Waals surface area (Å²) in [6, 6.07) is 22.7. The van der Waals surface area contributed by atoms with Crippen LogP contribution in [0, 0.1) is 0 Å². The van der Waals surface area contributed by atoms with Crippen molar-refractivity contribution >= 4 is 29.1 Å². The zero-order valence-corrected chi connectivity index (χ0v) is 19.7. The van der Waals surface area contributed by atoms with Gasteiger partial charge in [-0.1, -0.05) is 43.0 Å². The van der Waals surface area contributed by atoms with Gasteiger partial charge in [0.05, 0.1) is 5.56 Å². The van der Waals surface area contributed by atoms with Crippen LogP contribution in [0.25, 0.3) is 0 Å². The smallest absolute Gasteiger partial charge is 0.269 e. The van der Waals surface area contributed by atoms with Gasteiger partial charge in [-0.25, -0.2) is 0 Å². The first-order valence-corrected chi connectivity index (χ1v) is 11.1. The van der Waals surface area contributed by atoms with Crippen molar-refractivity contribution in [2.75, 3.05) is 19.8 Å². The number of nitrogens with one attached hydrogen (secondary N) is 3. The molecule has 0 atom stereocenters. The average Bonchev–Trinajstić information content (AvgIpc) is 2.89. The third kappa shape index (κ3) is 8.17. The molecule has 0 bridgehead atoms. The van der Waals surface area contributed by atoms with Gasteiger partial charge >= 0.3 is 0 Å². The first-order valence-electron chi connectivity index (χ1n) is 10.7. The molecule has 0 aliphatic carbocycles. The van der Waals surface area contributed by atoms with Crippen LogP contribution < -0.4 is 30.4 Å². The molecule has 0 saturated heterocycles. The molecule has 9 heteroatoms. The minimum Gasteiger partial charge on any atom is -0.490 e. The van der Waals surface area contributed by atoms with Gasteiger partial charge in [0.25, 0.3) is 11.8 Å². The predicted octanol–water partition coefficient (Wildman–Crippen LogP) is 3.66. The van der Waals surface area contributed by atoms with E-state index in [-0.39, 0.29) is 17.3 Å². The van der Waals surface area contributed by atoms with Crippen molar-refractivity contribution in [3.8, 4) is 17.2 Å². The van der Waals surface area contributed by atoms with Gasteiger partial charge in [-0.15, -0.1) is 0 Å². The normalized spacial score (nSPS) is 9.94. The van der Waals surface area contributed by atoms with Crippen LogP contribution in [0.1, 0.15) is 20.7 Å². The Morgan fingerprint density at radius 1 is 0.771 bits per heavy atom. The summed E-state index contributed by atoms with van der Waals surface area (Å²) in [5, 5.41) is 2.45. The average molecular weight is 492 g/mol. The van der Waals surface area contributed by atoms with Gasteiger partial charge < -0.3 is 14.2 Å². The maximum atomic E-state index is 12.7. The van der Waals surface area contributed by atoms with Gasteiger partial charge in [0.1, 0.15) is 37.1 Å². The lowest BCUT2D eigenvalue weighted by atomic mass is 10.2. The van der Waals surface area contributed by atoms with Gasteiger partial charge in [0, 0.05) is 5.56 Å². The Bertz CT molecular complexity index is 1150. The summed E-state index contributed by atoms with van der Waals surface area (Å²) < 4.78 is 16.7. The number of amides is 2. The first kappa shape index (κ1) is 25.3. The van der Waals surface area contributed by atoms with Crippen molar-refractivity contribution in [2.45, 2.75) is 0 Å².